The van der Waals surface area contributed by atoms with Gasteiger partial charge in [0.2, 0.25) is 5.91 Å². The lowest BCUT2D eigenvalue weighted by Gasteiger charge is -2.11. The number of nitrogens with zero attached hydrogens (tertiary/aromatic N) is 3. The van der Waals surface area contributed by atoms with Crippen molar-refractivity contribution in [2.24, 2.45) is 0 Å². The van der Waals surface area contributed by atoms with E-state index in [-0.39, 0.29) is 29.4 Å². The van der Waals surface area contributed by atoms with E-state index in [1.54, 1.807) is 38.4 Å². The first kappa shape index (κ1) is 17.9. The summed E-state index contributed by atoms with van der Waals surface area (Å²) in [5.41, 5.74) is 0.782. The minimum absolute atomic E-state index is 0.0354. The van der Waals surface area contributed by atoms with Gasteiger partial charge in [-0.3, -0.25) is 25.0 Å². The van der Waals surface area contributed by atoms with Gasteiger partial charge in [0, 0.05) is 25.8 Å². The average molecular weight is 344 g/mol. The van der Waals surface area contributed by atoms with Crippen LogP contribution in [0.4, 0.5) is 22.7 Å². The van der Waals surface area contributed by atoms with Gasteiger partial charge in [-0.25, -0.2) is 0 Å². The fourth-order valence-electron chi connectivity index (χ4n) is 2.08. The molecule has 2 aromatic carbocycles. The van der Waals surface area contributed by atoms with Crippen molar-refractivity contribution in [2.75, 3.05) is 19.4 Å². The van der Waals surface area contributed by atoms with Crippen LogP contribution >= 0.6 is 0 Å². The Bertz CT molecular complexity index is 818. The summed E-state index contributed by atoms with van der Waals surface area (Å²) in [4.78, 5) is 33.7. The SMILES string of the molecule is CN(C)C(=O)Cc1ccc(Nc2ccc([N+](=O)[O-])cc2[N+](=O)[O-])cc1. The van der Waals surface area contributed by atoms with Gasteiger partial charge in [-0.05, 0) is 23.8 Å². The van der Waals surface area contributed by atoms with Gasteiger partial charge >= 0.3 is 0 Å². The molecule has 9 heteroatoms. The van der Waals surface area contributed by atoms with Crippen molar-refractivity contribution in [1.29, 1.82) is 0 Å². The number of carbonyl (C=O) groups excluding carboxylic acids is 1. The molecule has 1 amide bonds. The van der Waals surface area contributed by atoms with Gasteiger partial charge in [0.05, 0.1) is 22.3 Å². The van der Waals surface area contributed by atoms with Crippen LogP contribution in [-0.4, -0.2) is 34.7 Å². The molecule has 0 fully saturated rings. The van der Waals surface area contributed by atoms with Crippen molar-refractivity contribution in [2.45, 2.75) is 6.42 Å². The summed E-state index contributed by atoms with van der Waals surface area (Å²) in [6, 6.07) is 10.2. The van der Waals surface area contributed by atoms with E-state index in [1.807, 2.05) is 0 Å². The molecular weight excluding hydrogens is 328 g/mol. The summed E-state index contributed by atoms with van der Waals surface area (Å²) in [7, 11) is 3.35. The van der Waals surface area contributed by atoms with E-state index in [1.165, 1.54) is 17.0 Å². The van der Waals surface area contributed by atoms with Gasteiger partial charge in [0.1, 0.15) is 5.69 Å². The summed E-state index contributed by atoms with van der Waals surface area (Å²) >= 11 is 0. The van der Waals surface area contributed by atoms with Crippen molar-refractivity contribution in [3.05, 3.63) is 68.3 Å². The molecular formula is C16H16N4O5. The van der Waals surface area contributed by atoms with Crippen molar-refractivity contribution in [1.82, 2.24) is 4.90 Å². The Morgan fingerprint density at radius 1 is 1.04 bits per heavy atom. The minimum atomic E-state index is -0.687. The van der Waals surface area contributed by atoms with Crippen molar-refractivity contribution in [3.8, 4) is 0 Å². The lowest BCUT2D eigenvalue weighted by atomic mass is 10.1. The standard InChI is InChI=1S/C16H16N4O5/c1-18(2)16(21)9-11-3-5-12(6-4-11)17-14-8-7-13(19(22)23)10-15(14)20(24)25/h3-8,10,17H,9H2,1-2H3. The fourth-order valence-corrected chi connectivity index (χ4v) is 2.08. The number of carbonyl (C=O) groups is 1. The Hall–Kier alpha value is -3.49. The maximum Gasteiger partial charge on any atom is 0.299 e. The third kappa shape index (κ3) is 4.50. The van der Waals surface area contributed by atoms with Crippen molar-refractivity contribution >= 4 is 28.7 Å². The Kier molecular flexibility index (Phi) is 5.28. The van der Waals surface area contributed by atoms with E-state index in [0.717, 1.165) is 11.6 Å². The summed E-state index contributed by atoms with van der Waals surface area (Å²) in [6.07, 6.45) is 0.255. The van der Waals surface area contributed by atoms with Gasteiger partial charge in [-0.2, -0.15) is 0 Å². The van der Waals surface area contributed by atoms with Gasteiger partial charge in [-0.15, -0.1) is 0 Å². The van der Waals surface area contributed by atoms with Crippen LogP contribution in [0.3, 0.4) is 0 Å². The van der Waals surface area contributed by atoms with Gasteiger partial charge in [0.15, 0.2) is 0 Å². The minimum Gasteiger partial charge on any atom is -0.350 e. The Balaban J connectivity index is 2.20. The topological polar surface area (TPSA) is 119 Å². The molecule has 130 valence electrons. The zero-order valence-corrected chi connectivity index (χ0v) is 13.6. The highest BCUT2D eigenvalue weighted by Gasteiger charge is 2.19. The largest absolute Gasteiger partial charge is 0.350 e. The molecule has 0 aliphatic carbocycles. The maximum atomic E-state index is 11.7. The van der Waals surface area contributed by atoms with E-state index in [4.69, 9.17) is 0 Å². The molecule has 0 saturated heterocycles. The fraction of sp³-hybridized carbons (Fsp3) is 0.188. The lowest BCUT2D eigenvalue weighted by Crippen LogP contribution is -2.23. The first-order valence-corrected chi connectivity index (χ1v) is 7.27. The van der Waals surface area contributed by atoms with Crippen molar-refractivity contribution < 1.29 is 14.6 Å². The number of hydrogen-bond acceptors (Lipinski definition) is 6. The Labute approximate surface area is 143 Å². The van der Waals surface area contributed by atoms with Crippen LogP contribution in [0, 0.1) is 20.2 Å². The molecule has 1 N–H and O–H groups in total. The Morgan fingerprint density at radius 3 is 2.20 bits per heavy atom. The number of likely N-dealkylation sites (N-methyl/N-ethyl adjacent to an activating group) is 1. The first-order chi connectivity index (χ1) is 11.8. The number of rotatable bonds is 6. The molecule has 0 radical (unpaired) electrons. The summed E-state index contributed by atoms with van der Waals surface area (Å²) in [5.74, 6) is -0.0354. The second kappa shape index (κ2) is 7.39. The molecule has 0 aliphatic heterocycles. The van der Waals surface area contributed by atoms with E-state index in [9.17, 15) is 25.0 Å². The molecule has 0 heterocycles. The highest BCUT2D eigenvalue weighted by atomic mass is 16.6. The van der Waals surface area contributed by atoms with Crippen molar-refractivity contribution in [3.63, 3.8) is 0 Å². The quantitative estimate of drug-likeness (QED) is 0.636. The van der Waals surface area contributed by atoms with Gasteiger partial charge in [-0.1, -0.05) is 12.1 Å². The van der Waals surface area contributed by atoms with Crippen LogP contribution in [0.25, 0.3) is 0 Å². The van der Waals surface area contributed by atoms with Crippen LogP contribution in [0.1, 0.15) is 5.56 Å². The monoisotopic (exact) mass is 344 g/mol. The van der Waals surface area contributed by atoms with Crippen LogP contribution in [0.2, 0.25) is 0 Å². The molecule has 9 nitrogen and oxygen atoms in total. The second-order valence-corrected chi connectivity index (χ2v) is 5.50. The first-order valence-electron chi connectivity index (χ1n) is 7.27. The number of nitro groups is 2. The highest BCUT2D eigenvalue weighted by Crippen LogP contribution is 2.31. The third-order valence-electron chi connectivity index (χ3n) is 3.48. The molecule has 0 saturated carbocycles. The average Bonchev–Trinajstić information content (AvgIpc) is 2.56. The molecule has 25 heavy (non-hydrogen) atoms. The highest BCUT2D eigenvalue weighted by molar-refractivity contribution is 5.78. The molecule has 0 aromatic heterocycles. The van der Waals surface area contributed by atoms with E-state index >= 15 is 0 Å². The maximum absolute atomic E-state index is 11.7. The van der Waals surface area contributed by atoms with E-state index < -0.39 is 9.85 Å². The second-order valence-electron chi connectivity index (χ2n) is 5.50. The van der Waals surface area contributed by atoms with Gasteiger partial charge in [0.25, 0.3) is 11.4 Å². The number of nitro benzene ring substituents is 2. The number of nitrogens with one attached hydrogen (secondary N) is 1. The van der Waals surface area contributed by atoms with Crippen LogP contribution in [0.15, 0.2) is 42.5 Å². The van der Waals surface area contributed by atoms with Crippen LogP contribution in [-0.2, 0) is 11.2 Å². The predicted molar refractivity (Wildman–Crippen MR) is 91.9 cm³/mol. The van der Waals surface area contributed by atoms with Crippen LogP contribution in [0.5, 0.6) is 0 Å². The molecule has 0 aliphatic rings. The number of amides is 1. The zero-order chi connectivity index (χ0) is 18.6. The summed E-state index contributed by atoms with van der Waals surface area (Å²) in [6.45, 7) is 0. The van der Waals surface area contributed by atoms with E-state index in [2.05, 4.69) is 5.32 Å². The lowest BCUT2D eigenvalue weighted by molar-refractivity contribution is -0.393. The van der Waals surface area contributed by atoms with E-state index in [0.29, 0.717) is 5.69 Å². The van der Waals surface area contributed by atoms with Crippen LogP contribution < -0.4 is 5.32 Å². The molecule has 2 rings (SSSR count). The number of anilines is 2. The predicted octanol–water partition coefficient (Wildman–Crippen LogP) is 2.88. The molecule has 0 unspecified atom stereocenters. The number of non-ortho nitro benzene ring substituents is 1. The molecule has 2 aromatic rings. The Morgan fingerprint density at radius 2 is 1.68 bits per heavy atom. The normalized spacial score (nSPS) is 10.2. The number of hydrogen-bond donors (Lipinski definition) is 1. The molecule has 0 spiro atoms. The van der Waals surface area contributed by atoms with Gasteiger partial charge < -0.3 is 10.2 Å². The smallest absolute Gasteiger partial charge is 0.299 e. The zero-order valence-electron chi connectivity index (χ0n) is 13.6. The third-order valence-corrected chi connectivity index (χ3v) is 3.48. The summed E-state index contributed by atoms with van der Waals surface area (Å²) < 4.78 is 0. The molecule has 0 bridgehead atoms. The summed E-state index contributed by atoms with van der Waals surface area (Å²) in [5, 5.41) is 24.7. The number of benzene rings is 2. The molecule has 0 atom stereocenters.